The maximum atomic E-state index is 11.9. The molecule has 1 fully saturated rings. The molecule has 0 saturated carbocycles. The van der Waals surface area contributed by atoms with Crippen molar-refractivity contribution in [2.75, 3.05) is 19.6 Å². The molecule has 1 aromatic heterocycles. The summed E-state index contributed by atoms with van der Waals surface area (Å²) in [6, 6.07) is 1.92. The zero-order chi connectivity index (χ0) is 14.4. The Labute approximate surface area is 120 Å². The minimum atomic E-state index is 0.0625. The molecule has 112 valence electrons. The monoisotopic (exact) mass is 279 g/mol. The Balaban J connectivity index is 1.71. The van der Waals surface area contributed by atoms with Crippen LogP contribution in [0.4, 0.5) is 0 Å². The average Bonchev–Trinajstić information content (AvgIpc) is 2.85. The largest absolute Gasteiger partial charge is 0.359 e. The molecule has 20 heavy (non-hydrogen) atoms. The van der Waals surface area contributed by atoms with Crippen LogP contribution in [-0.2, 0) is 17.8 Å². The molecular formula is C15H25N3O2. The predicted molar refractivity (Wildman–Crippen MR) is 77.2 cm³/mol. The van der Waals surface area contributed by atoms with Gasteiger partial charge < -0.3 is 9.84 Å². The number of hydrogen-bond donors (Lipinski definition) is 1. The van der Waals surface area contributed by atoms with Crippen LogP contribution in [0.15, 0.2) is 10.6 Å². The SMILES string of the molecule is CCCc1cc(CNC(=O)CN2CCC[C@@H](C)C2)on1. The van der Waals surface area contributed by atoms with E-state index in [-0.39, 0.29) is 5.91 Å². The lowest BCUT2D eigenvalue weighted by Gasteiger charge is -2.30. The highest BCUT2D eigenvalue weighted by Crippen LogP contribution is 2.14. The van der Waals surface area contributed by atoms with E-state index in [1.54, 1.807) is 0 Å². The molecule has 0 unspecified atom stereocenters. The van der Waals surface area contributed by atoms with Gasteiger partial charge in [-0.05, 0) is 31.7 Å². The van der Waals surface area contributed by atoms with Gasteiger partial charge in [-0.2, -0.15) is 0 Å². The van der Waals surface area contributed by atoms with Crippen molar-refractivity contribution in [1.82, 2.24) is 15.4 Å². The Bertz CT molecular complexity index is 431. The molecule has 1 amide bonds. The Hall–Kier alpha value is -1.36. The van der Waals surface area contributed by atoms with Crippen molar-refractivity contribution in [3.63, 3.8) is 0 Å². The molecule has 5 nitrogen and oxygen atoms in total. The minimum Gasteiger partial charge on any atom is -0.359 e. The second-order valence-electron chi connectivity index (χ2n) is 5.79. The number of aryl methyl sites for hydroxylation is 1. The molecule has 0 aromatic carbocycles. The van der Waals surface area contributed by atoms with Gasteiger partial charge >= 0.3 is 0 Å². The van der Waals surface area contributed by atoms with E-state index in [2.05, 4.69) is 29.2 Å². The van der Waals surface area contributed by atoms with Crippen molar-refractivity contribution in [3.05, 3.63) is 17.5 Å². The first kappa shape index (κ1) is 15.0. The van der Waals surface area contributed by atoms with Gasteiger partial charge in [0, 0.05) is 12.6 Å². The summed E-state index contributed by atoms with van der Waals surface area (Å²) in [5.41, 5.74) is 0.960. The first-order valence-corrected chi connectivity index (χ1v) is 7.61. The number of carbonyl (C=O) groups excluding carboxylic acids is 1. The third-order valence-electron chi connectivity index (χ3n) is 3.68. The number of hydrogen-bond acceptors (Lipinski definition) is 4. The van der Waals surface area contributed by atoms with E-state index in [4.69, 9.17) is 4.52 Å². The summed E-state index contributed by atoms with van der Waals surface area (Å²) in [4.78, 5) is 14.1. The van der Waals surface area contributed by atoms with Gasteiger partial charge in [-0.15, -0.1) is 0 Å². The molecule has 2 rings (SSSR count). The number of aromatic nitrogens is 1. The lowest BCUT2D eigenvalue weighted by molar-refractivity contribution is -0.122. The minimum absolute atomic E-state index is 0.0625. The molecule has 2 heterocycles. The Morgan fingerprint density at radius 1 is 1.60 bits per heavy atom. The molecule has 1 N–H and O–H groups in total. The van der Waals surface area contributed by atoms with Crippen molar-refractivity contribution in [3.8, 4) is 0 Å². The van der Waals surface area contributed by atoms with Crippen molar-refractivity contribution in [2.45, 2.75) is 46.1 Å². The van der Waals surface area contributed by atoms with E-state index < -0.39 is 0 Å². The molecule has 1 aromatic rings. The van der Waals surface area contributed by atoms with Crippen LogP contribution >= 0.6 is 0 Å². The maximum Gasteiger partial charge on any atom is 0.234 e. The molecule has 1 saturated heterocycles. The fourth-order valence-electron chi connectivity index (χ4n) is 2.69. The lowest BCUT2D eigenvalue weighted by Crippen LogP contribution is -2.41. The summed E-state index contributed by atoms with van der Waals surface area (Å²) in [6.45, 7) is 7.32. The predicted octanol–water partition coefficient (Wildman–Crippen LogP) is 1.98. The van der Waals surface area contributed by atoms with Crippen LogP contribution in [0, 0.1) is 5.92 Å². The summed E-state index contributed by atoms with van der Waals surface area (Å²) < 4.78 is 5.20. The second kappa shape index (κ2) is 7.43. The summed E-state index contributed by atoms with van der Waals surface area (Å²) >= 11 is 0. The first-order chi connectivity index (χ1) is 9.67. The van der Waals surface area contributed by atoms with Gasteiger partial charge in [-0.1, -0.05) is 25.4 Å². The number of amides is 1. The second-order valence-corrected chi connectivity index (χ2v) is 5.79. The van der Waals surface area contributed by atoms with E-state index in [9.17, 15) is 4.79 Å². The van der Waals surface area contributed by atoms with Crippen LogP contribution in [-0.4, -0.2) is 35.6 Å². The number of rotatable bonds is 6. The smallest absolute Gasteiger partial charge is 0.234 e. The number of carbonyl (C=O) groups is 1. The Morgan fingerprint density at radius 3 is 3.20 bits per heavy atom. The van der Waals surface area contributed by atoms with Crippen molar-refractivity contribution >= 4 is 5.91 Å². The zero-order valence-electron chi connectivity index (χ0n) is 12.5. The number of nitrogens with zero attached hydrogens (tertiary/aromatic N) is 2. The van der Waals surface area contributed by atoms with Crippen LogP contribution in [0.3, 0.4) is 0 Å². The van der Waals surface area contributed by atoms with Gasteiger partial charge in [0.2, 0.25) is 5.91 Å². The molecule has 1 atom stereocenters. The van der Waals surface area contributed by atoms with Gasteiger partial charge in [0.1, 0.15) is 0 Å². The van der Waals surface area contributed by atoms with Crippen LogP contribution in [0.5, 0.6) is 0 Å². The van der Waals surface area contributed by atoms with Crippen LogP contribution in [0.2, 0.25) is 0 Å². The molecule has 0 spiro atoms. The molecule has 1 aliphatic rings. The average molecular weight is 279 g/mol. The molecule has 1 aliphatic heterocycles. The standard InChI is InChI=1S/C15H25N3O2/c1-3-5-13-8-14(20-17-13)9-16-15(19)11-18-7-4-6-12(2)10-18/h8,12H,3-7,9-11H2,1-2H3,(H,16,19)/t12-/m1/s1. The molecule has 0 bridgehead atoms. The topological polar surface area (TPSA) is 58.4 Å². The van der Waals surface area contributed by atoms with Crippen LogP contribution in [0.25, 0.3) is 0 Å². The quantitative estimate of drug-likeness (QED) is 0.865. The van der Waals surface area contributed by atoms with Crippen molar-refractivity contribution in [1.29, 1.82) is 0 Å². The third kappa shape index (κ3) is 4.63. The molecular weight excluding hydrogens is 254 g/mol. The van der Waals surface area contributed by atoms with E-state index in [1.807, 2.05) is 6.07 Å². The summed E-state index contributed by atoms with van der Waals surface area (Å²) in [6.07, 6.45) is 4.43. The summed E-state index contributed by atoms with van der Waals surface area (Å²) in [5, 5.41) is 6.87. The van der Waals surface area contributed by atoms with Crippen LogP contribution < -0.4 is 5.32 Å². The summed E-state index contributed by atoms with van der Waals surface area (Å²) in [5.74, 6) is 1.49. The normalized spacial score (nSPS) is 20.0. The zero-order valence-corrected chi connectivity index (χ0v) is 12.5. The van der Waals surface area contributed by atoms with Gasteiger partial charge in [0.15, 0.2) is 5.76 Å². The van der Waals surface area contributed by atoms with Crippen molar-refractivity contribution < 1.29 is 9.32 Å². The number of piperidine rings is 1. The molecule has 0 aliphatic carbocycles. The highest BCUT2D eigenvalue weighted by molar-refractivity contribution is 5.77. The van der Waals surface area contributed by atoms with Gasteiger partial charge in [-0.25, -0.2) is 0 Å². The van der Waals surface area contributed by atoms with Gasteiger partial charge in [0.25, 0.3) is 0 Å². The van der Waals surface area contributed by atoms with E-state index in [0.717, 1.165) is 37.4 Å². The fraction of sp³-hybridized carbons (Fsp3) is 0.733. The van der Waals surface area contributed by atoms with E-state index in [1.165, 1.54) is 12.8 Å². The van der Waals surface area contributed by atoms with Gasteiger partial charge in [-0.3, -0.25) is 9.69 Å². The highest BCUT2D eigenvalue weighted by Gasteiger charge is 2.18. The first-order valence-electron chi connectivity index (χ1n) is 7.61. The van der Waals surface area contributed by atoms with Crippen LogP contribution in [0.1, 0.15) is 44.6 Å². The van der Waals surface area contributed by atoms with E-state index >= 15 is 0 Å². The highest BCUT2D eigenvalue weighted by atomic mass is 16.5. The Morgan fingerprint density at radius 2 is 2.45 bits per heavy atom. The Kier molecular flexibility index (Phi) is 5.59. The summed E-state index contributed by atoms with van der Waals surface area (Å²) in [7, 11) is 0. The number of likely N-dealkylation sites (tertiary alicyclic amines) is 1. The molecule has 0 radical (unpaired) electrons. The third-order valence-corrected chi connectivity index (χ3v) is 3.68. The fourth-order valence-corrected chi connectivity index (χ4v) is 2.69. The van der Waals surface area contributed by atoms with Gasteiger partial charge in [0.05, 0.1) is 18.8 Å². The van der Waals surface area contributed by atoms with Crippen molar-refractivity contribution in [2.24, 2.45) is 5.92 Å². The molecule has 5 heteroatoms. The number of nitrogens with one attached hydrogen (secondary N) is 1. The maximum absolute atomic E-state index is 11.9. The van der Waals surface area contributed by atoms with E-state index in [0.29, 0.717) is 19.0 Å². The lowest BCUT2D eigenvalue weighted by atomic mass is 10.0.